The maximum Gasteiger partial charge on any atom is 0.416 e. The molecule has 1 saturated heterocycles. The number of aliphatic hydroxyl groups excluding tert-OH is 1. The molecule has 4 rings (SSSR count). The molecule has 2 aliphatic rings. The van der Waals surface area contributed by atoms with Gasteiger partial charge in [-0.25, -0.2) is 4.79 Å². The smallest absolute Gasteiger partial charge is 0.393 e. The number of aliphatic hydroxyl groups is 1. The summed E-state index contributed by atoms with van der Waals surface area (Å²) in [5.41, 5.74) is 4.48. The number of nitrogens with two attached hydrogens (primary N) is 1. The van der Waals surface area contributed by atoms with Crippen molar-refractivity contribution in [3.63, 3.8) is 0 Å². The summed E-state index contributed by atoms with van der Waals surface area (Å²) in [6, 6.07) is 2.30. The molecule has 1 aromatic carbocycles. The van der Waals surface area contributed by atoms with Crippen molar-refractivity contribution < 1.29 is 27.9 Å². The normalized spacial score (nSPS) is 22.5. The van der Waals surface area contributed by atoms with Crippen molar-refractivity contribution in [3.05, 3.63) is 23.8 Å². The van der Waals surface area contributed by atoms with Gasteiger partial charge < -0.3 is 21.5 Å². The monoisotopic (exact) mass is 454 g/mol. The first-order valence-electron chi connectivity index (χ1n) is 10.5. The number of carbonyl (C=O) groups is 2. The Bertz CT molecular complexity index is 1010. The summed E-state index contributed by atoms with van der Waals surface area (Å²) >= 11 is 0. The highest BCUT2D eigenvalue weighted by Crippen LogP contribution is 2.33. The number of nitrogens with one attached hydrogen (secondary N) is 2. The Labute approximate surface area is 181 Å². The summed E-state index contributed by atoms with van der Waals surface area (Å²) < 4.78 is 40.0. The number of anilines is 1. The van der Waals surface area contributed by atoms with Crippen molar-refractivity contribution in [1.82, 2.24) is 20.0 Å². The van der Waals surface area contributed by atoms with Crippen molar-refractivity contribution in [2.75, 3.05) is 25.0 Å². The SMILES string of the molecule is NC(=O)n1nc(NCC(=O)NC2CN([C@H]3CC[C@@H](O)CC3)C2)c2cc(C(F)(F)F)ccc21. The lowest BCUT2D eigenvalue weighted by molar-refractivity contribution is -0.137. The number of rotatable bonds is 5. The van der Waals surface area contributed by atoms with Gasteiger partial charge in [-0.2, -0.15) is 17.9 Å². The second kappa shape index (κ2) is 8.58. The number of alkyl halides is 3. The summed E-state index contributed by atoms with van der Waals surface area (Å²) in [5, 5.41) is 19.2. The molecule has 0 spiro atoms. The van der Waals surface area contributed by atoms with E-state index in [0.29, 0.717) is 6.04 Å². The van der Waals surface area contributed by atoms with Crippen LogP contribution in [0.1, 0.15) is 31.2 Å². The number of fused-ring (bicyclic) bond motifs is 1. The number of primary amides is 1. The van der Waals surface area contributed by atoms with Gasteiger partial charge in [-0.3, -0.25) is 9.69 Å². The van der Waals surface area contributed by atoms with Crippen LogP contribution >= 0.6 is 0 Å². The first-order chi connectivity index (χ1) is 15.1. The average Bonchev–Trinajstić information content (AvgIpc) is 3.07. The standard InChI is InChI=1S/C20H25F3N6O3/c21-20(22,23)11-1-6-16-15(7-11)18(27-29(16)19(24)32)25-8-17(31)26-12-9-28(10-12)13-2-4-14(30)5-3-13/h1,6-7,12-14,30H,2-5,8-10H2,(H2,24,32)(H,25,27)(H,26,31)/t13-,14+. The fourth-order valence-corrected chi connectivity index (χ4v) is 4.36. The Kier molecular flexibility index (Phi) is 5.99. The third-order valence-corrected chi connectivity index (χ3v) is 6.09. The minimum atomic E-state index is -4.57. The number of carbonyl (C=O) groups excluding carboxylic acids is 2. The van der Waals surface area contributed by atoms with Crippen LogP contribution in [0.25, 0.3) is 10.9 Å². The Morgan fingerprint density at radius 1 is 1.19 bits per heavy atom. The van der Waals surface area contributed by atoms with Crippen LogP contribution < -0.4 is 16.4 Å². The predicted molar refractivity (Wildman–Crippen MR) is 110 cm³/mol. The van der Waals surface area contributed by atoms with E-state index in [4.69, 9.17) is 5.73 Å². The lowest BCUT2D eigenvalue weighted by Gasteiger charge is -2.46. The molecular weight excluding hydrogens is 429 g/mol. The van der Waals surface area contributed by atoms with E-state index in [2.05, 4.69) is 20.6 Å². The number of amides is 2. The number of likely N-dealkylation sites (tertiary alicyclic amines) is 1. The van der Waals surface area contributed by atoms with Crippen molar-refractivity contribution in [3.8, 4) is 0 Å². The molecule has 2 fully saturated rings. The zero-order valence-electron chi connectivity index (χ0n) is 17.2. The zero-order chi connectivity index (χ0) is 23.0. The van der Waals surface area contributed by atoms with E-state index in [1.807, 2.05) is 0 Å². The van der Waals surface area contributed by atoms with Crippen LogP contribution in [-0.4, -0.2) is 69.5 Å². The van der Waals surface area contributed by atoms with Gasteiger partial charge in [0.2, 0.25) is 5.91 Å². The molecule has 9 nitrogen and oxygen atoms in total. The third-order valence-electron chi connectivity index (χ3n) is 6.09. The third kappa shape index (κ3) is 4.65. The maximum atomic E-state index is 13.1. The minimum Gasteiger partial charge on any atom is -0.393 e. The molecule has 32 heavy (non-hydrogen) atoms. The highest BCUT2D eigenvalue weighted by atomic mass is 19.4. The lowest BCUT2D eigenvalue weighted by atomic mass is 9.89. The second-order valence-corrected chi connectivity index (χ2v) is 8.36. The van der Waals surface area contributed by atoms with Gasteiger partial charge in [-0.15, -0.1) is 5.10 Å². The fraction of sp³-hybridized carbons (Fsp3) is 0.550. The highest BCUT2D eigenvalue weighted by Gasteiger charge is 2.35. The van der Waals surface area contributed by atoms with E-state index in [0.717, 1.165) is 61.7 Å². The number of halogens is 3. The number of aromatic nitrogens is 2. The van der Waals surface area contributed by atoms with Crippen molar-refractivity contribution in [1.29, 1.82) is 0 Å². The fourth-order valence-electron chi connectivity index (χ4n) is 4.36. The molecule has 5 N–H and O–H groups in total. The van der Waals surface area contributed by atoms with E-state index in [1.165, 1.54) is 0 Å². The minimum absolute atomic E-state index is 0.00657. The zero-order valence-corrected chi connectivity index (χ0v) is 17.2. The molecule has 0 unspecified atom stereocenters. The Hall–Kier alpha value is -2.86. The predicted octanol–water partition coefficient (Wildman–Crippen LogP) is 1.50. The van der Waals surface area contributed by atoms with Crippen molar-refractivity contribution in [2.45, 2.75) is 50.0 Å². The molecule has 0 radical (unpaired) electrons. The first kappa shape index (κ1) is 22.3. The molecule has 1 aliphatic carbocycles. The summed E-state index contributed by atoms with van der Waals surface area (Å²) in [6.45, 7) is 1.23. The summed E-state index contributed by atoms with van der Waals surface area (Å²) in [4.78, 5) is 26.2. The Balaban J connectivity index is 1.35. The molecular formula is C20H25F3N6O3. The molecule has 174 valence electrons. The molecule has 2 heterocycles. The van der Waals surface area contributed by atoms with Gasteiger partial charge >= 0.3 is 12.2 Å². The Morgan fingerprint density at radius 2 is 1.88 bits per heavy atom. The van der Waals surface area contributed by atoms with Crippen LogP contribution in [-0.2, 0) is 11.0 Å². The molecule has 0 atom stereocenters. The van der Waals surface area contributed by atoms with Crippen LogP contribution in [0.2, 0.25) is 0 Å². The lowest BCUT2D eigenvalue weighted by Crippen LogP contribution is -2.63. The molecule has 1 aromatic heterocycles. The van der Waals surface area contributed by atoms with Gasteiger partial charge in [0.25, 0.3) is 0 Å². The summed E-state index contributed by atoms with van der Waals surface area (Å²) in [5.74, 6) is -0.362. The van der Waals surface area contributed by atoms with Crippen LogP contribution in [0.4, 0.5) is 23.8 Å². The van der Waals surface area contributed by atoms with Gasteiger partial charge in [0, 0.05) is 24.5 Å². The van der Waals surface area contributed by atoms with E-state index < -0.39 is 17.8 Å². The van der Waals surface area contributed by atoms with Gasteiger partial charge in [0.05, 0.1) is 29.8 Å². The highest BCUT2D eigenvalue weighted by molar-refractivity contribution is 5.97. The largest absolute Gasteiger partial charge is 0.416 e. The average molecular weight is 454 g/mol. The van der Waals surface area contributed by atoms with E-state index in [1.54, 1.807) is 0 Å². The van der Waals surface area contributed by atoms with Crippen LogP contribution in [0.15, 0.2) is 18.2 Å². The van der Waals surface area contributed by atoms with Crippen LogP contribution in [0.3, 0.4) is 0 Å². The van der Waals surface area contributed by atoms with Crippen LogP contribution in [0, 0.1) is 0 Å². The number of hydrogen-bond donors (Lipinski definition) is 4. The summed E-state index contributed by atoms with van der Waals surface area (Å²) in [6.07, 6.45) is -1.30. The maximum absolute atomic E-state index is 13.1. The van der Waals surface area contributed by atoms with E-state index in [9.17, 15) is 27.9 Å². The van der Waals surface area contributed by atoms with Crippen LogP contribution in [0.5, 0.6) is 0 Å². The van der Waals surface area contributed by atoms with Gasteiger partial charge in [0.15, 0.2) is 5.82 Å². The number of benzene rings is 1. The molecule has 1 aliphatic heterocycles. The van der Waals surface area contributed by atoms with E-state index >= 15 is 0 Å². The molecule has 12 heteroatoms. The van der Waals surface area contributed by atoms with Crippen molar-refractivity contribution in [2.24, 2.45) is 5.73 Å². The molecule has 1 saturated carbocycles. The molecule has 0 bridgehead atoms. The number of hydrogen-bond acceptors (Lipinski definition) is 6. The molecule has 2 amide bonds. The number of nitrogens with zero attached hydrogens (tertiary/aromatic N) is 3. The Morgan fingerprint density at radius 3 is 2.50 bits per heavy atom. The van der Waals surface area contributed by atoms with E-state index in [-0.39, 0.29) is 41.3 Å². The van der Waals surface area contributed by atoms with Gasteiger partial charge in [0.1, 0.15) is 0 Å². The van der Waals surface area contributed by atoms with Gasteiger partial charge in [-0.1, -0.05) is 0 Å². The van der Waals surface area contributed by atoms with Gasteiger partial charge in [-0.05, 0) is 43.9 Å². The topological polar surface area (TPSA) is 126 Å². The van der Waals surface area contributed by atoms with Crippen molar-refractivity contribution >= 4 is 28.7 Å². The summed E-state index contributed by atoms with van der Waals surface area (Å²) in [7, 11) is 0. The quantitative estimate of drug-likeness (QED) is 0.543. The molecule has 2 aromatic rings. The second-order valence-electron chi connectivity index (χ2n) is 8.36. The first-order valence-corrected chi connectivity index (χ1v) is 10.5.